The summed E-state index contributed by atoms with van der Waals surface area (Å²) in [5.74, 6) is 1.01. The zero-order chi connectivity index (χ0) is 24.0. The minimum Gasteiger partial charge on any atom is -0.489 e. The van der Waals surface area contributed by atoms with Crippen LogP contribution in [0.5, 0.6) is 5.75 Å². The molecule has 0 aliphatic carbocycles. The van der Waals surface area contributed by atoms with Crippen molar-refractivity contribution in [3.63, 3.8) is 0 Å². The Morgan fingerprint density at radius 1 is 0.743 bits per heavy atom. The quantitative estimate of drug-likeness (QED) is 0.409. The number of hydrogen-bond acceptors (Lipinski definition) is 4. The molecule has 5 heteroatoms. The number of fused-ring (bicyclic) bond motifs is 2. The fraction of sp³-hybridized carbons (Fsp3) is 0.333. The van der Waals surface area contributed by atoms with Gasteiger partial charge in [0.1, 0.15) is 24.7 Å². The van der Waals surface area contributed by atoms with Gasteiger partial charge in [0, 0.05) is 24.4 Å². The molecule has 0 spiro atoms. The maximum absolute atomic E-state index is 13.2. The lowest BCUT2D eigenvalue weighted by molar-refractivity contribution is -0.124. The van der Waals surface area contributed by atoms with E-state index in [0.717, 1.165) is 48.1 Å². The number of piperidine rings is 1. The Labute approximate surface area is 206 Å². The van der Waals surface area contributed by atoms with Crippen LogP contribution in [0.15, 0.2) is 84.9 Å². The van der Waals surface area contributed by atoms with Crippen molar-refractivity contribution >= 4 is 11.9 Å². The molecule has 2 atom stereocenters. The maximum atomic E-state index is 13.2. The number of amides is 1. The molecular weight excluding hydrogens is 438 g/mol. The van der Waals surface area contributed by atoms with Gasteiger partial charge < -0.3 is 14.4 Å². The molecule has 0 aromatic heterocycles. The topological polar surface area (TPSA) is 55.8 Å². The molecule has 3 aromatic rings. The van der Waals surface area contributed by atoms with Crippen LogP contribution in [0.25, 0.3) is 0 Å². The van der Waals surface area contributed by atoms with Crippen LogP contribution in [0.2, 0.25) is 0 Å². The standard InChI is InChI=1S/C30H31NO4/c32-29(17-24-12-7-13-28(16-24)34-20-22-8-3-1-4-9-22)25-18-26-14-15-27(19-25)31(26)30(33)35-21-23-10-5-2-6-11-23/h1-13,16,25-27H,14-15,17-21H2. The monoisotopic (exact) mass is 469 g/mol. The summed E-state index contributed by atoms with van der Waals surface area (Å²) in [5.41, 5.74) is 3.06. The van der Waals surface area contributed by atoms with Gasteiger partial charge in [-0.1, -0.05) is 72.8 Å². The van der Waals surface area contributed by atoms with Gasteiger partial charge in [0.25, 0.3) is 0 Å². The third-order valence-electron chi connectivity index (χ3n) is 7.13. The highest BCUT2D eigenvalue weighted by atomic mass is 16.6. The van der Waals surface area contributed by atoms with Crippen molar-refractivity contribution in [3.8, 4) is 5.75 Å². The van der Waals surface area contributed by atoms with Crippen molar-refractivity contribution in [2.75, 3.05) is 0 Å². The first kappa shape index (κ1) is 23.2. The molecule has 180 valence electrons. The van der Waals surface area contributed by atoms with E-state index in [1.807, 2.05) is 89.8 Å². The average molecular weight is 470 g/mol. The predicted molar refractivity (Wildman–Crippen MR) is 134 cm³/mol. The Hall–Kier alpha value is -3.60. The summed E-state index contributed by atoms with van der Waals surface area (Å²) in [6, 6.07) is 27.8. The van der Waals surface area contributed by atoms with Gasteiger partial charge in [-0.05, 0) is 54.5 Å². The third kappa shape index (κ3) is 5.73. The molecule has 5 rings (SSSR count). The first-order valence-corrected chi connectivity index (χ1v) is 12.4. The Kier molecular flexibility index (Phi) is 7.12. The Bertz CT molecular complexity index is 1130. The van der Waals surface area contributed by atoms with Gasteiger partial charge in [-0.25, -0.2) is 4.79 Å². The third-order valence-corrected chi connectivity index (χ3v) is 7.13. The highest BCUT2D eigenvalue weighted by Crippen LogP contribution is 2.40. The van der Waals surface area contributed by atoms with Gasteiger partial charge in [0.2, 0.25) is 0 Å². The van der Waals surface area contributed by atoms with Crippen LogP contribution < -0.4 is 4.74 Å². The molecule has 2 aliphatic rings. The molecule has 0 N–H and O–H groups in total. The average Bonchev–Trinajstić information content (AvgIpc) is 3.16. The van der Waals surface area contributed by atoms with E-state index in [1.165, 1.54) is 0 Å². The normalized spacial score (nSPS) is 20.9. The number of nitrogens with zero attached hydrogens (tertiary/aromatic N) is 1. The smallest absolute Gasteiger partial charge is 0.410 e. The summed E-state index contributed by atoms with van der Waals surface area (Å²) in [6.07, 6.45) is 3.47. The van der Waals surface area contributed by atoms with Crippen molar-refractivity contribution in [2.24, 2.45) is 5.92 Å². The summed E-state index contributed by atoms with van der Waals surface area (Å²) >= 11 is 0. The zero-order valence-corrected chi connectivity index (χ0v) is 19.8. The van der Waals surface area contributed by atoms with Crippen molar-refractivity contribution in [3.05, 3.63) is 102 Å². The van der Waals surface area contributed by atoms with Crippen LogP contribution in [-0.4, -0.2) is 28.9 Å². The SMILES string of the molecule is O=C(Cc1cccc(OCc2ccccc2)c1)C1CC2CCC(C1)N2C(=O)OCc1ccccc1. The van der Waals surface area contributed by atoms with Gasteiger partial charge >= 0.3 is 6.09 Å². The van der Waals surface area contributed by atoms with Crippen LogP contribution >= 0.6 is 0 Å². The van der Waals surface area contributed by atoms with Gasteiger partial charge in [0.15, 0.2) is 0 Å². The van der Waals surface area contributed by atoms with Gasteiger partial charge in [0.05, 0.1) is 0 Å². The number of carbonyl (C=O) groups excluding carboxylic acids is 2. The molecule has 2 fully saturated rings. The van der Waals surface area contributed by atoms with E-state index in [-0.39, 0.29) is 36.5 Å². The first-order chi connectivity index (χ1) is 17.2. The van der Waals surface area contributed by atoms with Crippen molar-refractivity contribution < 1.29 is 19.1 Å². The number of hydrogen-bond donors (Lipinski definition) is 0. The maximum Gasteiger partial charge on any atom is 0.410 e. The molecule has 2 bridgehead atoms. The number of benzene rings is 3. The summed E-state index contributed by atoms with van der Waals surface area (Å²) in [7, 11) is 0. The van der Waals surface area contributed by atoms with Crippen LogP contribution in [0.4, 0.5) is 4.79 Å². The second kappa shape index (κ2) is 10.8. The number of carbonyl (C=O) groups is 2. The number of ketones is 1. The second-order valence-electron chi connectivity index (χ2n) is 9.57. The molecule has 2 unspecified atom stereocenters. The fourth-order valence-corrected chi connectivity index (χ4v) is 5.36. The lowest BCUT2D eigenvalue weighted by atomic mass is 9.85. The molecule has 2 heterocycles. The van der Waals surface area contributed by atoms with Crippen LogP contribution in [0.1, 0.15) is 42.4 Å². The van der Waals surface area contributed by atoms with Crippen LogP contribution in [0.3, 0.4) is 0 Å². The van der Waals surface area contributed by atoms with E-state index in [9.17, 15) is 9.59 Å². The first-order valence-electron chi connectivity index (χ1n) is 12.4. The summed E-state index contributed by atoms with van der Waals surface area (Å²) in [6.45, 7) is 0.779. The van der Waals surface area contributed by atoms with Crippen LogP contribution in [0, 0.1) is 5.92 Å². The molecular formula is C30H31NO4. The molecule has 1 amide bonds. The van der Waals surface area contributed by atoms with Gasteiger partial charge in [-0.3, -0.25) is 4.79 Å². The van der Waals surface area contributed by atoms with Crippen molar-refractivity contribution in [1.82, 2.24) is 4.90 Å². The van der Waals surface area contributed by atoms with E-state index in [4.69, 9.17) is 9.47 Å². The minimum absolute atomic E-state index is 0.0143. The Balaban J connectivity index is 1.14. The van der Waals surface area contributed by atoms with E-state index < -0.39 is 0 Å². The van der Waals surface area contributed by atoms with E-state index in [1.54, 1.807) is 0 Å². The molecule has 2 saturated heterocycles. The molecule has 35 heavy (non-hydrogen) atoms. The van der Waals surface area contributed by atoms with Crippen molar-refractivity contribution in [1.29, 1.82) is 0 Å². The molecule has 3 aromatic carbocycles. The minimum atomic E-state index is -0.254. The predicted octanol–water partition coefficient (Wildman–Crippen LogP) is 5.96. The molecule has 0 radical (unpaired) electrons. The lowest BCUT2D eigenvalue weighted by Gasteiger charge is -2.37. The highest BCUT2D eigenvalue weighted by Gasteiger charge is 2.45. The van der Waals surface area contributed by atoms with Gasteiger partial charge in [-0.2, -0.15) is 0 Å². The molecule has 0 saturated carbocycles. The second-order valence-corrected chi connectivity index (χ2v) is 9.57. The Morgan fingerprint density at radius 3 is 2.00 bits per heavy atom. The lowest BCUT2D eigenvalue weighted by Crippen LogP contribution is -2.48. The Morgan fingerprint density at radius 2 is 1.34 bits per heavy atom. The van der Waals surface area contributed by atoms with Crippen LogP contribution in [-0.2, 0) is 29.2 Å². The summed E-state index contributed by atoms with van der Waals surface area (Å²) < 4.78 is 11.5. The molecule has 5 nitrogen and oxygen atoms in total. The van der Waals surface area contributed by atoms with Gasteiger partial charge in [-0.15, -0.1) is 0 Å². The zero-order valence-electron chi connectivity index (χ0n) is 19.8. The van der Waals surface area contributed by atoms with E-state index in [2.05, 4.69) is 0 Å². The summed E-state index contributed by atoms with van der Waals surface area (Å²) in [5, 5.41) is 0. The van der Waals surface area contributed by atoms with E-state index >= 15 is 0 Å². The molecule has 2 aliphatic heterocycles. The fourth-order valence-electron chi connectivity index (χ4n) is 5.36. The number of Topliss-reactive ketones (excluding diaryl/α,β-unsaturated/α-hetero) is 1. The summed E-state index contributed by atoms with van der Waals surface area (Å²) in [4.78, 5) is 27.9. The number of rotatable bonds is 8. The van der Waals surface area contributed by atoms with E-state index in [0.29, 0.717) is 13.0 Å². The van der Waals surface area contributed by atoms with Crippen molar-refractivity contribution in [2.45, 2.75) is 57.4 Å². The highest BCUT2D eigenvalue weighted by molar-refractivity contribution is 5.84. The largest absolute Gasteiger partial charge is 0.489 e. The number of ether oxygens (including phenoxy) is 2.